The second kappa shape index (κ2) is 5.85. The van der Waals surface area contributed by atoms with Gasteiger partial charge in [-0.3, -0.25) is 0 Å². The highest BCUT2D eigenvalue weighted by atomic mass is 15.1. The van der Waals surface area contributed by atoms with E-state index in [4.69, 9.17) is 0 Å². The molecule has 0 aliphatic rings. The summed E-state index contributed by atoms with van der Waals surface area (Å²) in [5, 5.41) is 0. The molecule has 2 rings (SSSR count). The van der Waals surface area contributed by atoms with E-state index in [1.165, 1.54) is 5.56 Å². The molecule has 86 valence electrons. The monoisotopic (exact) mass is 224 g/mol. The molecule has 2 nitrogen and oxygen atoms in total. The molecule has 0 amide bonds. The molecule has 0 atom stereocenters. The molecule has 0 aliphatic carbocycles. The van der Waals surface area contributed by atoms with Crippen LogP contribution in [0.25, 0.3) is 0 Å². The molecule has 0 aromatic heterocycles. The third-order valence-electron chi connectivity index (χ3n) is 2.43. The van der Waals surface area contributed by atoms with Crippen LogP contribution in [0.2, 0.25) is 0 Å². The van der Waals surface area contributed by atoms with E-state index in [9.17, 15) is 0 Å². The molecule has 2 heteroatoms. The number of nitrogens with zero attached hydrogens (tertiary/aromatic N) is 2. The highest BCUT2D eigenvalue weighted by Crippen LogP contribution is 2.09. The molecule has 2 aromatic rings. The number of rotatable bonds is 4. The summed E-state index contributed by atoms with van der Waals surface area (Å²) in [6, 6.07) is 20.3. The van der Waals surface area contributed by atoms with Gasteiger partial charge in [-0.1, -0.05) is 48.5 Å². The Morgan fingerprint density at radius 3 is 2.18 bits per heavy atom. The van der Waals surface area contributed by atoms with Gasteiger partial charge >= 0.3 is 0 Å². The third-order valence-corrected chi connectivity index (χ3v) is 2.43. The zero-order chi connectivity index (χ0) is 11.9. The Hall–Kier alpha value is -2.09. The summed E-state index contributed by atoms with van der Waals surface area (Å²) in [5.74, 6) is 0. The van der Waals surface area contributed by atoms with Crippen LogP contribution in [-0.4, -0.2) is 18.3 Å². The van der Waals surface area contributed by atoms with Crippen LogP contribution in [0, 0.1) is 0 Å². The van der Waals surface area contributed by atoms with E-state index in [-0.39, 0.29) is 0 Å². The van der Waals surface area contributed by atoms with Gasteiger partial charge in [-0.2, -0.15) is 0 Å². The number of hydrogen-bond donors (Lipinski definition) is 0. The lowest BCUT2D eigenvalue weighted by Gasteiger charge is -2.12. The first-order valence-electron chi connectivity index (χ1n) is 5.68. The van der Waals surface area contributed by atoms with Gasteiger partial charge in [0.25, 0.3) is 0 Å². The Kier molecular flexibility index (Phi) is 3.92. The van der Waals surface area contributed by atoms with Gasteiger partial charge in [0.15, 0.2) is 0 Å². The number of hydrogen-bond acceptors (Lipinski definition) is 1. The van der Waals surface area contributed by atoms with Crippen LogP contribution in [0.5, 0.6) is 0 Å². The molecule has 17 heavy (non-hydrogen) atoms. The van der Waals surface area contributed by atoms with Gasteiger partial charge in [-0.25, -0.2) is 4.99 Å². The Morgan fingerprint density at radius 1 is 0.941 bits per heavy atom. The van der Waals surface area contributed by atoms with Crippen molar-refractivity contribution in [3.63, 3.8) is 0 Å². The average molecular weight is 224 g/mol. The third kappa shape index (κ3) is 3.76. The largest absolute Gasteiger partial charge is 0.361 e. The fourth-order valence-electron chi connectivity index (χ4n) is 1.59. The summed E-state index contributed by atoms with van der Waals surface area (Å²) >= 11 is 0. The van der Waals surface area contributed by atoms with E-state index in [0.717, 1.165) is 12.2 Å². The molecular weight excluding hydrogens is 208 g/mol. The molecule has 0 unspecified atom stereocenters. The maximum absolute atomic E-state index is 4.40. The van der Waals surface area contributed by atoms with E-state index in [1.54, 1.807) is 0 Å². The van der Waals surface area contributed by atoms with E-state index in [1.807, 2.05) is 49.8 Å². The van der Waals surface area contributed by atoms with Crippen LogP contribution < -0.4 is 0 Å². The number of benzene rings is 2. The second-order valence-corrected chi connectivity index (χ2v) is 3.98. The highest BCUT2D eigenvalue weighted by molar-refractivity contribution is 5.60. The predicted molar refractivity (Wildman–Crippen MR) is 72.5 cm³/mol. The lowest BCUT2D eigenvalue weighted by molar-refractivity contribution is 0.516. The van der Waals surface area contributed by atoms with Crippen molar-refractivity contribution < 1.29 is 0 Å². The Morgan fingerprint density at radius 2 is 1.53 bits per heavy atom. The predicted octanol–water partition coefficient (Wildman–Crippen LogP) is 3.48. The molecule has 0 fully saturated rings. The number of aliphatic imine (C=N–C) groups is 1. The molecule has 0 saturated carbocycles. The van der Waals surface area contributed by atoms with E-state index < -0.39 is 0 Å². The summed E-state index contributed by atoms with van der Waals surface area (Å²) in [4.78, 5) is 6.48. The summed E-state index contributed by atoms with van der Waals surface area (Å²) in [7, 11) is 2.03. The molecule has 0 spiro atoms. The maximum Gasteiger partial charge on any atom is 0.0912 e. The number of para-hydroxylation sites is 1. The van der Waals surface area contributed by atoms with Crippen molar-refractivity contribution in [3.8, 4) is 0 Å². The quantitative estimate of drug-likeness (QED) is 0.573. The maximum atomic E-state index is 4.40. The first-order chi connectivity index (χ1) is 8.34. The summed E-state index contributed by atoms with van der Waals surface area (Å²) in [6.45, 7) is 0.872. The van der Waals surface area contributed by atoms with Gasteiger partial charge in [-0.05, 0) is 17.7 Å². The Balaban J connectivity index is 1.94. The van der Waals surface area contributed by atoms with Crippen LogP contribution >= 0.6 is 0 Å². The van der Waals surface area contributed by atoms with E-state index >= 15 is 0 Å². The van der Waals surface area contributed by atoms with Crippen molar-refractivity contribution >= 4 is 12.0 Å². The van der Waals surface area contributed by atoms with Gasteiger partial charge in [0.2, 0.25) is 0 Å². The molecule has 2 aromatic carbocycles. The smallest absolute Gasteiger partial charge is 0.0912 e. The minimum absolute atomic E-state index is 0.872. The molecule has 0 bridgehead atoms. The lowest BCUT2D eigenvalue weighted by atomic mass is 10.2. The molecule has 0 radical (unpaired) electrons. The summed E-state index contributed by atoms with van der Waals surface area (Å²) in [5.41, 5.74) is 2.27. The average Bonchev–Trinajstić information content (AvgIpc) is 2.39. The topological polar surface area (TPSA) is 15.6 Å². The normalized spacial score (nSPS) is 10.6. The first kappa shape index (κ1) is 11.4. The summed E-state index contributed by atoms with van der Waals surface area (Å²) in [6.07, 6.45) is 1.86. The van der Waals surface area contributed by atoms with Crippen LogP contribution in [-0.2, 0) is 6.54 Å². The van der Waals surface area contributed by atoms with Gasteiger partial charge in [0, 0.05) is 13.6 Å². The van der Waals surface area contributed by atoms with Crippen molar-refractivity contribution in [2.24, 2.45) is 4.99 Å². The standard InChI is InChI=1S/C15H16N2/c1-17(12-14-8-4-2-5-9-14)13-16-15-10-6-3-7-11-15/h2-11,13H,12H2,1H3. The van der Waals surface area contributed by atoms with Crippen LogP contribution in [0.1, 0.15) is 5.56 Å². The minimum atomic E-state index is 0.872. The fraction of sp³-hybridized carbons (Fsp3) is 0.133. The Bertz CT molecular complexity index is 463. The van der Waals surface area contributed by atoms with Crippen molar-refractivity contribution in [2.45, 2.75) is 6.54 Å². The van der Waals surface area contributed by atoms with Gasteiger partial charge < -0.3 is 4.90 Å². The summed E-state index contributed by atoms with van der Waals surface area (Å²) < 4.78 is 0. The van der Waals surface area contributed by atoms with Crippen molar-refractivity contribution in [1.82, 2.24) is 4.90 Å². The van der Waals surface area contributed by atoms with Crippen LogP contribution in [0.15, 0.2) is 65.7 Å². The molecule has 0 saturated heterocycles. The Labute approximate surface area is 102 Å². The molecular formula is C15H16N2. The van der Waals surface area contributed by atoms with Crippen LogP contribution in [0.3, 0.4) is 0 Å². The van der Waals surface area contributed by atoms with E-state index in [2.05, 4.69) is 34.2 Å². The molecule has 0 aliphatic heterocycles. The van der Waals surface area contributed by atoms with Crippen molar-refractivity contribution in [3.05, 3.63) is 66.2 Å². The zero-order valence-electron chi connectivity index (χ0n) is 9.95. The molecule has 0 N–H and O–H groups in total. The van der Waals surface area contributed by atoms with E-state index in [0.29, 0.717) is 0 Å². The van der Waals surface area contributed by atoms with Gasteiger partial charge in [0.05, 0.1) is 12.0 Å². The molecule has 0 heterocycles. The second-order valence-electron chi connectivity index (χ2n) is 3.98. The van der Waals surface area contributed by atoms with Crippen molar-refractivity contribution in [1.29, 1.82) is 0 Å². The SMILES string of the molecule is CN(C=Nc1ccccc1)Cc1ccccc1. The highest BCUT2D eigenvalue weighted by Gasteiger charge is 1.94. The van der Waals surface area contributed by atoms with Crippen molar-refractivity contribution in [2.75, 3.05) is 7.05 Å². The minimum Gasteiger partial charge on any atom is -0.361 e. The van der Waals surface area contributed by atoms with Crippen LogP contribution in [0.4, 0.5) is 5.69 Å². The first-order valence-corrected chi connectivity index (χ1v) is 5.68. The van der Waals surface area contributed by atoms with Gasteiger partial charge in [0.1, 0.15) is 0 Å². The zero-order valence-corrected chi connectivity index (χ0v) is 9.95. The fourth-order valence-corrected chi connectivity index (χ4v) is 1.59. The van der Waals surface area contributed by atoms with Gasteiger partial charge in [-0.15, -0.1) is 0 Å². The lowest BCUT2D eigenvalue weighted by Crippen LogP contribution is -2.14.